The van der Waals surface area contributed by atoms with E-state index in [2.05, 4.69) is 26.0 Å². The Morgan fingerprint density at radius 2 is 1.05 bits per heavy atom. The summed E-state index contributed by atoms with van der Waals surface area (Å²) in [4.78, 5) is 0. The molecule has 0 aromatic carbocycles. The van der Waals surface area contributed by atoms with Gasteiger partial charge in [0.15, 0.2) is 0 Å². The molecule has 0 aromatic heterocycles. The van der Waals surface area contributed by atoms with E-state index in [1.54, 1.807) is 0 Å². The Labute approximate surface area is 134 Å². The van der Waals surface area contributed by atoms with Crippen LogP contribution in [-0.4, -0.2) is 13.2 Å². The Morgan fingerprint density at radius 3 is 1.62 bits per heavy atom. The van der Waals surface area contributed by atoms with E-state index < -0.39 is 0 Å². The molecule has 0 amide bonds. The number of allylic oxidation sites excluding steroid dienone is 2. The Bertz CT molecular complexity index is 198. The molecule has 0 aromatic rings. The molecular weight excluding hydrogens is 256 g/mol. The molecule has 0 heterocycles. The molecule has 0 aliphatic rings. The number of rotatable bonds is 17. The summed E-state index contributed by atoms with van der Waals surface area (Å²) in [5.74, 6) is 0. The SMILES string of the molecule is CCCCCCCC/C=C/CCCCCCCOCCC. The fourth-order valence-corrected chi connectivity index (χ4v) is 2.52. The lowest BCUT2D eigenvalue weighted by molar-refractivity contribution is 0.130. The minimum atomic E-state index is 0.934. The summed E-state index contributed by atoms with van der Waals surface area (Å²) in [6.07, 6.45) is 23.7. The van der Waals surface area contributed by atoms with Crippen LogP contribution >= 0.6 is 0 Å². The van der Waals surface area contributed by atoms with Crippen molar-refractivity contribution in [1.29, 1.82) is 0 Å². The van der Waals surface area contributed by atoms with Crippen molar-refractivity contribution in [3.05, 3.63) is 12.2 Å². The molecule has 126 valence electrons. The van der Waals surface area contributed by atoms with Crippen LogP contribution in [0, 0.1) is 0 Å². The van der Waals surface area contributed by atoms with Crippen LogP contribution in [0.3, 0.4) is 0 Å². The van der Waals surface area contributed by atoms with E-state index in [-0.39, 0.29) is 0 Å². The minimum absolute atomic E-state index is 0.934. The summed E-state index contributed by atoms with van der Waals surface area (Å²) in [6.45, 7) is 6.35. The zero-order chi connectivity index (χ0) is 15.4. The fraction of sp³-hybridized carbons (Fsp3) is 0.900. The third kappa shape index (κ3) is 19.7. The molecule has 0 aliphatic heterocycles. The van der Waals surface area contributed by atoms with E-state index in [4.69, 9.17) is 4.74 Å². The van der Waals surface area contributed by atoms with Crippen LogP contribution in [-0.2, 0) is 4.74 Å². The number of hydrogen-bond donors (Lipinski definition) is 0. The second-order valence-corrected chi connectivity index (χ2v) is 6.20. The Hall–Kier alpha value is -0.300. The molecule has 0 N–H and O–H groups in total. The molecule has 1 nitrogen and oxygen atoms in total. The number of unbranched alkanes of at least 4 members (excludes halogenated alkanes) is 11. The highest BCUT2D eigenvalue weighted by Crippen LogP contribution is 2.09. The van der Waals surface area contributed by atoms with Crippen LogP contribution in [0.1, 0.15) is 104 Å². The topological polar surface area (TPSA) is 9.23 Å². The average molecular weight is 297 g/mol. The molecule has 21 heavy (non-hydrogen) atoms. The monoisotopic (exact) mass is 296 g/mol. The maximum Gasteiger partial charge on any atom is 0.0466 e. The summed E-state index contributed by atoms with van der Waals surface area (Å²) in [5, 5.41) is 0. The first-order valence-electron chi connectivity index (χ1n) is 9.64. The Kier molecular flexibility index (Phi) is 19.4. The maximum absolute atomic E-state index is 5.49. The Morgan fingerprint density at radius 1 is 0.524 bits per heavy atom. The number of hydrogen-bond acceptors (Lipinski definition) is 1. The first kappa shape index (κ1) is 20.7. The lowest BCUT2D eigenvalue weighted by atomic mass is 10.1. The van der Waals surface area contributed by atoms with E-state index in [9.17, 15) is 0 Å². The second kappa shape index (κ2) is 19.7. The van der Waals surface area contributed by atoms with Gasteiger partial charge in [-0.1, -0.05) is 77.4 Å². The third-order valence-corrected chi connectivity index (χ3v) is 3.90. The molecule has 0 rings (SSSR count). The normalized spacial score (nSPS) is 11.5. The average Bonchev–Trinajstić information content (AvgIpc) is 2.50. The number of ether oxygens (including phenoxy) is 1. The zero-order valence-corrected chi connectivity index (χ0v) is 14.9. The summed E-state index contributed by atoms with van der Waals surface area (Å²) >= 11 is 0. The smallest absolute Gasteiger partial charge is 0.0466 e. The molecular formula is C20H40O. The molecule has 0 aliphatic carbocycles. The van der Waals surface area contributed by atoms with Crippen molar-refractivity contribution < 1.29 is 4.74 Å². The van der Waals surface area contributed by atoms with Gasteiger partial charge in [0.2, 0.25) is 0 Å². The lowest BCUT2D eigenvalue weighted by Crippen LogP contribution is -1.95. The van der Waals surface area contributed by atoms with Crippen molar-refractivity contribution in [3.8, 4) is 0 Å². The van der Waals surface area contributed by atoms with Crippen molar-refractivity contribution in [2.45, 2.75) is 104 Å². The fourth-order valence-electron chi connectivity index (χ4n) is 2.52. The summed E-state index contributed by atoms with van der Waals surface area (Å²) in [7, 11) is 0. The predicted molar refractivity (Wildman–Crippen MR) is 95.9 cm³/mol. The molecule has 0 bridgehead atoms. The molecule has 0 atom stereocenters. The van der Waals surface area contributed by atoms with E-state index in [0.717, 1.165) is 19.6 Å². The van der Waals surface area contributed by atoms with Crippen LogP contribution in [0.15, 0.2) is 12.2 Å². The lowest BCUT2D eigenvalue weighted by Gasteiger charge is -2.02. The molecule has 0 radical (unpaired) electrons. The van der Waals surface area contributed by atoms with E-state index in [1.165, 1.54) is 83.5 Å². The second-order valence-electron chi connectivity index (χ2n) is 6.20. The van der Waals surface area contributed by atoms with Crippen LogP contribution < -0.4 is 0 Å². The van der Waals surface area contributed by atoms with E-state index in [1.807, 2.05) is 0 Å². The highest BCUT2D eigenvalue weighted by atomic mass is 16.5. The highest BCUT2D eigenvalue weighted by molar-refractivity contribution is 4.81. The highest BCUT2D eigenvalue weighted by Gasteiger charge is 1.91. The van der Waals surface area contributed by atoms with Gasteiger partial charge < -0.3 is 4.74 Å². The predicted octanol–water partition coefficient (Wildman–Crippen LogP) is 7.06. The van der Waals surface area contributed by atoms with Crippen LogP contribution in [0.4, 0.5) is 0 Å². The van der Waals surface area contributed by atoms with Gasteiger partial charge in [-0.05, 0) is 38.5 Å². The summed E-state index contributed by atoms with van der Waals surface area (Å²) in [6, 6.07) is 0. The van der Waals surface area contributed by atoms with Gasteiger partial charge in [-0.2, -0.15) is 0 Å². The molecule has 0 unspecified atom stereocenters. The van der Waals surface area contributed by atoms with E-state index >= 15 is 0 Å². The first-order chi connectivity index (χ1) is 10.4. The van der Waals surface area contributed by atoms with Crippen LogP contribution in [0.5, 0.6) is 0 Å². The van der Waals surface area contributed by atoms with E-state index in [0.29, 0.717) is 0 Å². The van der Waals surface area contributed by atoms with Gasteiger partial charge in [0.05, 0.1) is 0 Å². The molecule has 0 spiro atoms. The van der Waals surface area contributed by atoms with Crippen molar-refractivity contribution in [2.75, 3.05) is 13.2 Å². The first-order valence-corrected chi connectivity index (χ1v) is 9.64. The maximum atomic E-state index is 5.49. The molecule has 0 saturated carbocycles. The quantitative estimate of drug-likeness (QED) is 0.206. The zero-order valence-electron chi connectivity index (χ0n) is 14.9. The van der Waals surface area contributed by atoms with Gasteiger partial charge in [-0.3, -0.25) is 0 Å². The van der Waals surface area contributed by atoms with Crippen LogP contribution in [0.2, 0.25) is 0 Å². The van der Waals surface area contributed by atoms with Gasteiger partial charge in [0.1, 0.15) is 0 Å². The van der Waals surface area contributed by atoms with Gasteiger partial charge in [0.25, 0.3) is 0 Å². The van der Waals surface area contributed by atoms with Gasteiger partial charge in [-0.25, -0.2) is 0 Å². The molecule has 0 saturated heterocycles. The van der Waals surface area contributed by atoms with Crippen LogP contribution in [0.25, 0.3) is 0 Å². The van der Waals surface area contributed by atoms with Crippen molar-refractivity contribution >= 4 is 0 Å². The van der Waals surface area contributed by atoms with Gasteiger partial charge >= 0.3 is 0 Å². The van der Waals surface area contributed by atoms with Crippen molar-refractivity contribution in [1.82, 2.24) is 0 Å². The molecule has 0 fully saturated rings. The Balaban J connectivity index is 3.02. The third-order valence-electron chi connectivity index (χ3n) is 3.90. The largest absolute Gasteiger partial charge is 0.381 e. The molecule has 1 heteroatoms. The van der Waals surface area contributed by atoms with Crippen molar-refractivity contribution in [3.63, 3.8) is 0 Å². The minimum Gasteiger partial charge on any atom is -0.381 e. The summed E-state index contributed by atoms with van der Waals surface area (Å²) < 4.78 is 5.49. The van der Waals surface area contributed by atoms with Crippen molar-refractivity contribution in [2.24, 2.45) is 0 Å². The standard InChI is InChI=1S/C20H40O/c1-3-5-6-7-8-9-10-11-12-13-14-15-16-17-18-20-21-19-4-2/h11-12H,3-10,13-20H2,1-2H3/b12-11+. The van der Waals surface area contributed by atoms with Gasteiger partial charge in [0, 0.05) is 13.2 Å². The van der Waals surface area contributed by atoms with Gasteiger partial charge in [-0.15, -0.1) is 0 Å². The summed E-state index contributed by atoms with van der Waals surface area (Å²) in [5.41, 5.74) is 0.